The van der Waals surface area contributed by atoms with Crippen LogP contribution >= 0.6 is 24.0 Å². The maximum Gasteiger partial charge on any atom is 0.243 e. The molecule has 7 nitrogen and oxygen atoms in total. The number of thiol groups is 1. The average Bonchev–Trinajstić information content (AvgIpc) is 3.36. The molecule has 9 heteroatoms. The summed E-state index contributed by atoms with van der Waals surface area (Å²) in [7, 11) is 0. The summed E-state index contributed by atoms with van der Waals surface area (Å²) in [5.74, 6) is 0.0853. The summed E-state index contributed by atoms with van der Waals surface area (Å²) < 4.78 is 0. The Balaban J connectivity index is 1.15. The SMILES string of the molecule is Cc1sc2ncnc(C3CCN(Cc4cccc5c4CN(C4CCC(=O)NC4=O)C5S)CC3)c2c1C. The van der Waals surface area contributed by atoms with Crippen LogP contribution in [-0.2, 0) is 22.7 Å². The van der Waals surface area contributed by atoms with Gasteiger partial charge in [0.2, 0.25) is 11.8 Å². The molecule has 2 atom stereocenters. The lowest BCUT2D eigenvalue weighted by Crippen LogP contribution is -2.51. The first-order chi connectivity index (χ1) is 17.4. The Bertz CT molecular complexity index is 1350. The van der Waals surface area contributed by atoms with Crippen LogP contribution in [0, 0.1) is 13.8 Å². The Labute approximate surface area is 220 Å². The van der Waals surface area contributed by atoms with Gasteiger partial charge in [0, 0.05) is 35.7 Å². The fourth-order valence-electron chi connectivity index (χ4n) is 6.09. The molecule has 3 aliphatic rings. The van der Waals surface area contributed by atoms with Crippen molar-refractivity contribution in [3.63, 3.8) is 0 Å². The van der Waals surface area contributed by atoms with Crippen LogP contribution in [0.1, 0.15) is 69.8 Å². The van der Waals surface area contributed by atoms with E-state index in [0.717, 1.165) is 37.3 Å². The van der Waals surface area contributed by atoms with Crippen molar-refractivity contribution < 1.29 is 9.59 Å². The number of nitrogens with zero attached hydrogens (tertiary/aromatic N) is 4. The molecule has 0 radical (unpaired) electrons. The van der Waals surface area contributed by atoms with E-state index in [9.17, 15) is 9.59 Å². The molecular formula is C27H31N5O2S2. The van der Waals surface area contributed by atoms with E-state index in [1.54, 1.807) is 17.7 Å². The maximum absolute atomic E-state index is 12.5. The molecule has 2 aromatic heterocycles. The lowest BCUT2D eigenvalue weighted by Gasteiger charge is -2.33. The number of hydrogen-bond donors (Lipinski definition) is 2. The number of piperidine rings is 2. The summed E-state index contributed by atoms with van der Waals surface area (Å²) in [5.41, 5.74) is 6.33. The first-order valence-corrected chi connectivity index (χ1v) is 14.0. The molecule has 2 unspecified atom stereocenters. The highest BCUT2D eigenvalue weighted by Gasteiger charge is 2.40. The van der Waals surface area contributed by atoms with Gasteiger partial charge in [0.15, 0.2) is 0 Å². The van der Waals surface area contributed by atoms with Gasteiger partial charge in [0.1, 0.15) is 11.2 Å². The van der Waals surface area contributed by atoms with E-state index < -0.39 is 0 Å². The molecule has 2 fully saturated rings. The minimum Gasteiger partial charge on any atom is -0.299 e. The molecule has 5 heterocycles. The molecule has 188 valence electrons. The van der Waals surface area contributed by atoms with Gasteiger partial charge in [-0.05, 0) is 68.5 Å². The summed E-state index contributed by atoms with van der Waals surface area (Å²) in [5, 5.41) is 3.64. The fraction of sp³-hybridized carbons (Fsp3) is 0.481. The molecule has 0 spiro atoms. The number of nitrogens with one attached hydrogen (secondary N) is 1. The largest absolute Gasteiger partial charge is 0.299 e. The van der Waals surface area contributed by atoms with Crippen LogP contribution in [0.4, 0.5) is 0 Å². The highest BCUT2D eigenvalue weighted by Crippen LogP contribution is 2.41. The Morgan fingerprint density at radius 3 is 2.72 bits per heavy atom. The number of fused-ring (bicyclic) bond motifs is 2. The van der Waals surface area contributed by atoms with Crippen molar-refractivity contribution in [3.8, 4) is 0 Å². The third-order valence-electron chi connectivity index (χ3n) is 8.22. The quantitative estimate of drug-likeness (QED) is 0.395. The molecule has 3 aromatic rings. The Morgan fingerprint density at radius 2 is 1.94 bits per heavy atom. The highest BCUT2D eigenvalue weighted by atomic mass is 32.1. The second kappa shape index (κ2) is 9.52. The van der Waals surface area contributed by atoms with E-state index in [1.165, 1.54) is 38.2 Å². The summed E-state index contributed by atoms with van der Waals surface area (Å²) in [6.45, 7) is 8.02. The number of amides is 2. The number of thiophene rings is 1. The number of benzene rings is 1. The van der Waals surface area contributed by atoms with E-state index in [1.807, 2.05) is 0 Å². The van der Waals surface area contributed by atoms with Gasteiger partial charge in [-0.2, -0.15) is 12.6 Å². The van der Waals surface area contributed by atoms with Crippen molar-refractivity contribution in [3.05, 3.63) is 57.4 Å². The zero-order valence-electron chi connectivity index (χ0n) is 20.7. The van der Waals surface area contributed by atoms with Crippen LogP contribution in [-0.4, -0.2) is 50.7 Å². The van der Waals surface area contributed by atoms with Crippen molar-refractivity contribution in [1.29, 1.82) is 0 Å². The molecule has 2 saturated heterocycles. The van der Waals surface area contributed by atoms with E-state index in [2.05, 4.69) is 52.1 Å². The predicted octanol–water partition coefficient (Wildman–Crippen LogP) is 4.24. The van der Waals surface area contributed by atoms with Crippen LogP contribution in [0.2, 0.25) is 0 Å². The molecule has 0 saturated carbocycles. The number of aryl methyl sites for hydroxylation is 2. The molecule has 6 rings (SSSR count). The summed E-state index contributed by atoms with van der Waals surface area (Å²) in [4.78, 5) is 40.5. The molecule has 36 heavy (non-hydrogen) atoms. The lowest BCUT2D eigenvalue weighted by atomic mass is 9.90. The summed E-state index contributed by atoms with van der Waals surface area (Å²) in [6.07, 6.45) is 4.85. The minimum atomic E-state index is -0.310. The van der Waals surface area contributed by atoms with E-state index >= 15 is 0 Å². The Morgan fingerprint density at radius 1 is 1.14 bits per heavy atom. The minimum absolute atomic E-state index is 0.132. The third-order valence-corrected chi connectivity index (χ3v) is 9.91. The molecule has 3 aliphatic heterocycles. The number of imide groups is 1. The zero-order valence-corrected chi connectivity index (χ0v) is 22.4. The van der Waals surface area contributed by atoms with Crippen molar-refractivity contribution in [1.82, 2.24) is 25.1 Å². The smallest absolute Gasteiger partial charge is 0.243 e. The summed E-state index contributed by atoms with van der Waals surface area (Å²) >= 11 is 6.65. The van der Waals surface area contributed by atoms with Crippen molar-refractivity contribution in [2.45, 2.75) is 70.0 Å². The average molecular weight is 522 g/mol. The number of carbonyl (C=O) groups excluding carboxylic acids is 2. The van der Waals surface area contributed by atoms with E-state index in [0.29, 0.717) is 25.3 Å². The standard InChI is InChI=1S/C27H31N5O2S2/c1-15-16(2)36-26-23(15)24(28-14-29-26)17-8-10-31(11-9-17)12-18-4-3-5-19-20(18)13-32(27(19)35)21-6-7-22(33)30-25(21)34/h3-5,14,17,21,27,35H,6-13H2,1-2H3,(H,30,33,34). The maximum atomic E-state index is 12.5. The molecule has 1 N–H and O–H groups in total. The van der Waals surface area contributed by atoms with E-state index in [-0.39, 0.29) is 23.2 Å². The van der Waals surface area contributed by atoms with Crippen molar-refractivity contribution in [2.24, 2.45) is 0 Å². The Kier molecular flexibility index (Phi) is 6.35. The lowest BCUT2D eigenvalue weighted by molar-refractivity contribution is -0.137. The number of rotatable bonds is 4. The first kappa shape index (κ1) is 24.0. The van der Waals surface area contributed by atoms with Gasteiger partial charge in [-0.15, -0.1) is 11.3 Å². The van der Waals surface area contributed by atoms with Gasteiger partial charge >= 0.3 is 0 Å². The summed E-state index contributed by atoms with van der Waals surface area (Å²) in [6, 6.07) is 6.14. The number of likely N-dealkylation sites (tertiary alicyclic amines) is 1. The molecule has 2 amide bonds. The number of aromatic nitrogens is 2. The first-order valence-electron chi connectivity index (χ1n) is 12.7. The van der Waals surface area contributed by atoms with Crippen LogP contribution in [0.15, 0.2) is 24.5 Å². The molecule has 1 aromatic carbocycles. The highest BCUT2D eigenvalue weighted by molar-refractivity contribution is 7.80. The van der Waals surface area contributed by atoms with Crippen LogP contribution in [0.5, 0.6) is 0 Å². The van der Waals surface area contributed by atoms with E-state index in [4.69, 9.17) is 17.6 Å². The third kappa shape index (κ3) is 4.16. The van der Waals surface area contributed by atoms with Crippen molar-refractivity contribution >= 4 is 46.0 Å². The van der Waals surface area contributed by atoms with Crippen LogP contribution < -0.4 is 5.32 Å². The van der Waals surface area contributed by atoms with Crippen molar-refractivity contribution in [2.75, 3.05) is 13.1 Å². The van der Waals surface area contributed by atoms with Crippen LogP contribution in [0.25, 0.3) is 10.2 Å². The van der Waals surface area contributed by atoms with Crippen LogP contribution in [0.3, 0.4) is 0 Å². The van der Waals surface area contributed by atoms with Gasteiger partial charge in [-0.1, -0.05) is 18.2 Å². The number of carbonyl (C=O) groups is 2. The van der Waals surface area contributed by atoms with Gasteiger partial charge in [0.25, 0.3) is 0 Å². The normalized spacial score (nSPS) is 23.9. The molecular weight excluding hydrogens is 490 g/mol. The molecule has 0 bridgehead atoms. The monoisotopic (exact) mass is 521 g/mol. The topological polar surface area (TPSA) is 78.4 Å². The second-order valence-corrected chi connectivity index (χ2v) is 12.0. The second-order valence-electron chi connectivity index (χ2n) is 10.3. The van der Waals surface area contributed by atoms with Gasteiger partial charge in [-0.25, -0.2) is 9.97 Å². The van der Waals surface area contributed by atoms with Gasteiger partial charge in [-0.3, -0.25) is 24.7 Å². The fourth-order valence-corrected chi connectivity index (χ4v) is 7.58. The molecule has 0 aliphatic carbocycles. The Hall–Kier alpha value is -2.33. The predicted molar refractivity (Wildman–Crippen MR) is 144 cm³/mol. The zero-order chi connectivity index (χ0) is 25.0. The van der Waals surface area contributed by atoms with Gasteiger partial charge in [0.05, 0.1) is 17.1 Å². The van der Waals surface area contributed by atoms with Gasteiger partial charge < -0.3 is 0 Å². The number of hydrogen-bond acceptors (Lipinski definition) is 8.